The molecule has 1 aliphatic heterocycles. The van der Waals surface area contributed by atoms with Crippen LogP contribution in [0, 0.1) is 0 Å². The maximum absolute atomic E-state index is 12.7. The zero-order valence-electron chi connectivity index (χ0n) is 15.5. The fourth-order valence-corrected chi connectivity index (χ4v) is 3.56. The Bertz CT molecular complexity index is 933. The average Bonchev–Trinajstić information content (AvgIpc) is 3.27. The molecule has 0 unspecified atom stereocenters. The van der Waals surface area contributed by atoms with Crippen molar-refractivity contribution in [3.63, 3.8) is 0 Å². The van der Waals surface area contributed by atoms with Gasteiger partial charge in [0.15, 0.2) is 5.82 Å². The number of nitrogens with zero attached hydrogens (tertiary/aromatic N) is 6. The summed E-state index contributed by atoms with van der Waals surface area (Å²) in [6.07, 6.45) is 5.63. The summed E-state index contributed by atoms with van der Waals surface area (Å²) >= 11 is 0. The number of carbonyl (C=O) groups excluding carboxylic acids is 1. The first-order valence-corrected chi connectivity index (χ1v) is 9.03. The molecule has 0 radical (unpaired) electrons. The number of fused-ring (bicyclic) bond motifs is 1. The Balaban J connectivity index is 1.53. The van der Waals surface area contributed by atoms with Crippen LogP contribution in [0.5, 0.6) is 0 Å². The second-order valence-corrected chi connectivity index (χ2v) is 7.03. The van der Waals surface area contributed by atoms with Crippen LogP contribution in [-0.2, 0) is 7.05 Å². The minimum atomic E-state index is 0.0902. The van der Waals surface area contributed by atoms with E-state index in [2.05, 4.69) is 33.3 Å². The first-order valence-electron chi connectivity index (χ1n) is 9.03. The first-order chi connectivity index (χ1) is 12.6. The van der Waals surface area contributed by atoms with Crippen LogP contribution in [0.25, 0.3) is 11.0 Å². The Morgan fingerprint density at radius 2 is 1.88 bits per heavy atom. The molecule has 0 spiro atoms. The van der Waals surface area contributed by atoms with E-state index in [0.29, 0.717) is 19.1 Å². The van der Waals surface area contributed by atoms with Crippen LogP contribution < -0.4 is 4.90 Å². The van der Waals surface area contributed by atoms with Crippen LogP contribution in [0.3, 0.4) is 0 Å². The quantitative estimate of drug-likeness (QED) is 0.726. The fraction of sp³-hybridized carbons (Fsp3) is 0.421. The van der Waals surface area contributed by atoms with E-state index in [0.717, 1.165) is 35.6 Å². The van der Waals surface area contributed by atoms with Crippen LogP contribution >= 0.6 is 0 Å². The zero-order valence-corrected chi connectivity index (χ0v) is 15.5. The molecule has 1 aliphatic rings. The number of pyridine rings is 1. The second-order valence-electron chi connectivity index (χ2n) is 7.03. The average molecular weight is 352 g/mol. The van der Waals surface area contributed by atoms with Crippen LogP contribution in [0.1, 0.15) is 30.4 Å². The molecule has 0 aromatic carbocycles. The van der Waals surface area contributed by atoms with Gasteiger partial charge in [-0.2, -0.15) is 0 Å². The van der Waals surface area contributed by atoms with Crippen molar-refractivity contribution in [2.75, 3.05) is 31.1 Å². The summed E-state index contributed by atoms with van der Waals surface area (Å²) in [4.78, 5) is 26.0. The summed E-state index contributed by atoms with van der Waals surface area (Å²) in [6, 6.07) is 6.14. The molecule has 136 valence electrons. The van der Waals surface area contributed by atoms with E-state index < -0.39 is 0 Å². The minimum absolute atomic E-state index is 0.0902. The lowest BCUT2D eigenvalue weighted by Gasteiger charge is -2.35. The van der Waals surface area contributed by atoms with Crippen molar-refractivity contribution >= 4 is 22.8 Å². The van der Waals surface area contributed by atoms with Crippen molar-refractivity contribution < 1.29 is 4.79 Å². The lowest BCUT2D eigenvalue weighted by Crippen LogP contribution is -2.49. The van der Waals surface area contributed by atoms with Gasteiger partial charge in [-0.05, 0) is 32.0 Å². The van der Waals surface area contributed by atoms with Gasteiger partial charge in [0.2, 0.25) is 0 Å². The van der Waals surface area contributed by atoms with Gasteiger partial charge in [0.1, 0.15) is 11.2 Å². The highest BCUT2D eigenvalue weighted by atomic mass is 16.2. The molecule has 3 aromatic heterocycles. The molecule has 1 fully saturated rings. The number of piperazine rings is 1. The first kappa shape index (κ1) is 16.6. The van der Waals surface area contributed by atoms with Gasteiger partial charge in [-0.3, -0.25) is 4.79 Å². The molecule has 26 heavy (non-hydrogen) atoms. The number of aryl methyl sites for hydroxylation is 1. The van der Waals surface area contributed by atoms with Crippen molar-refractivity contribution in [1.29, 1.82) is 0 Å². The fourth-order valence-electron chi connectivity index (χ4n) is 3.56. The largest absolute Gasteiger partial charge is 0.351 e. The van der Waals surface area contributed by atoms with Gasteiger partial charge >= 0.3 is 0 Å². The molecule has 1 amide bonds. The number of hydrogen-bond donors (Lipinski definition) is 0. The molecule has 7 nitrogen and oxygen atoms in total. The number of amides is 1. The molecule has 0 N–H and O–H groups in total. The Labute approximate surface area is 152 Å². The summed E-state index contributed by atoms with van der Waals surface area (Å²) < 4.78 is 4.03. The van der Waals surface area contributed by atoms with E-state index in [4.69, 9.17) is 0 Å². The summed E-state index contributed by atoms with van der Waals surface area (Å²) in [7, 11) is 1.90. The highest BCUT2D eigenvalue weighted by Crippen LogP contribution is 2.26. The van der Waals surface area contributed by atoms with Crippen LogP contribution in [0.2, 0.25) is 0 Å². The predicted octanol–water partition coefficient (Wildman–Crippen LogP) is 2.31. The summed E-state index contributed by atoms with van der Waals surface area (Å²) in [5, 5.41) is 0. The van der Waals surface area contributed by atoms with E-state index in [1.165, 1.54) is 0 Å². The van der Waals surface area contributed by atoms with Gasteiger partial charge in [0, 0.05) is 51.7 Å². The third-order valence-corrected chi connectivity index (χ3v) is 5.06. The predicted molar refractivity (Wildman–Crippen MR) is 101 cm³/mol. The Morgan fingerprint density at radius 1 is 1.12 bits per heavy atom. The molecule has 0 saturated carbocycles. The van der Waals surface area contributed by atoms with Gasteiger partial charge in [-0.25, -0.2) is 9.97 Å². The molecule has 4 heterocycles. The summed E-state index contributed by atoms with van der Waals surface area (Å²) in [5.41, 5.74) is 2.77. The molecule has 4 rings (SSSR count). The molecule has 0 aliphatic carbocycles. The van der Waals surface area contributed by atoms with Crippen molar-refractivity contribution in [1.82, 2.24) is 24.0 Å². The maximum Gasteiger partial charge on any atom is 0.270 e. The maximum atomic E-state index is 12.7. The van der Waals surface area contributed by atoms with Crippen LogP contribution in [0.15, 0.2) is 36.9 Å². The van der Waals surface area contributed by atoms with Gasteiger partial charge < -0.3 is 18.9 Å². The Hall–Kier alpha value is -2.83. The Morgan fingerprint density at radius 3 is 2.54 bits per heavy atom. The van der Waals surface area contributed by atoms with E-state index in [1.807, 2.05) is 53.4 Å². The van der Waals surface area contributed by atoms with Gasteiger partial charge in [-0.15, -0.1) is 0 Å². The highest BCUT2D eigenvalue weighted by Gasteiger charge is 2.25. The molecule has 0 bridgehead atoms. The molecule has 7 heteroatoms. The number of imidazole rings is 1. The molecule has 3 aromatic rings. The number of anilines is 1. The van der Waals surface area contributed by atoms with Crippen LogP contribution in [0.4, 0.5) is 5.82 Å². The number of rotatable bonds is 3. The summed E-state index contributed by atoms with van der Waals surface area (Å²) in [5.74, 6) is 1.00. The topological polar surface area (TPSA) is 59.2 Å². The van der Waals surface area contributed by atoms with Gasteiger partial charge in [-0.1, -0.05) is 0 Å². The van der Waals surface area contributed by atoms with Crippen molar-refractivity contribution in [3.8, 4) is 0 Å². The standard InChI is InChI=1S/C19H24N6O/c1-14(2)25-13-21-17-15(25)6-7-20-18(17)23-9-11-24(12-10-23)19(26)16-5-4-8-22(16)3/h4-8,13-14H,9-12H2,1-3H3. The molecular formula is C19H24N6O. The van der Waals surface area contributed by atoms with Crippen LogP contribution in [-0.4, -0.2) is 56.1 Å². The number of hydrogen-bond acceptors (Lipinski definition) is 4. The lowest BCUT2D eigenvalue weighted by atomic mass is 10.2. The number of aromatic nitrogens is 4. The second kappa shape index (κ2) is 6.48. The lowest BCUT2D eigenvalue weighted by molar-refractivity contribution is 0.0737. The normalized spacial score (nSPS) is 15.2. The van der Waals surface area contributed by atoms with E-state index in [9.17, 15) is 4.79 Å². The highest BCUT2D eigenvalue weighted by molar-refractivity contribution is 5.93. The van der Waals surface area contributed by atoms with Gasteiger partial charge in [0.25, 0.3) is 5.91 Å². The summed E-state index contributed by atoms with van der Waals surface area (Å²) in [6.45, 7) is 7.19. The van der Waals surface area contributed by atoms with Gasteiger partial charge in [0.05, 0.1) is 11.8 Å². The van der Waals surface area contributed by atoms with E-state index in [1.54, 1.807) is 0 Å². The van der Waals surface area contributed by atoms with E-state index >= 15 is 0 Å². The third kappa shape index (κ3) is 2.73. The molecule has 0 atom stereocenters. The third-order valence-electron chi connectivity index (χ3n) is 5.06. The Kier molecular flexibility index (Phi) is 4.14. The molecule has 1 saturated heterocycles. The SMILES string of the molecule is CC(C)n1cnc2c(N3CCN(C(=O)c4cccn4C)CC3)nccc21. The smallest absolute Gasteiger partial charge is 0.270 e. The van der Waals surface area contributed by atoms with Crippen molar-refractivity contribution in [3.05, 3.63) is 42.6 Å². The number of carbonyl (C=O) groups is 1. The zero-order chi connectivity index (χ0) is 18.3. The van der Waals surface area contributed by atoms with Crippen molar-refractivity contribution in [2.24, 2.45) is 7.05 Å². The van der Waals surface area contributed by atoms with Crippen molar-refractivity contribution in [2.45, 2.75) is 19.9 Å². The minimum Gasteiger partial charge on any atom is -0.351 e. The van der Waals surface area contributed by atoms with E-state index in [-0.39, 0.29) is 5.91 Å². The monoisotopic (exact) mass is 352 g/mol. The molecular weight excluding hydrogens is 328 g/mol.